The smallest absolute Gasteiger partial charge is 0.351 e. The molecule has 0 aliphatic heterocycles. The molecule has 0 rings (SSSR count). The third kappa shape index (κ3) is 6.60. The van der Waals surface area contributed by atoms with Crippen LogP contribution in [0.5, 0.6) is 0 Å². The van der Waals surface area contributed by atoms with Gasteiger partial charge >= 0.3 is 9.05 Å². The maximum absolute atomic E-state index is 5.77. The Balaban J connectivity index is 4.72. The first-order valence-electron chi connectivity index (χ1n) is 5.98. The molecule has 0 unspecified atom stereocenters. The fourth-order valence-corrected chi connectivity index (χ4v) is 3.68. The van der Waals surface area contributed by atoms with Gasteiger partial charge in [-0.25, -0.2) is 0 Å². The summed E-state index contributed by atoms with van der Waals surface area (Å²) in [5.74, 6) is 0. The predicted molar refractivity (Wildman–Crippen MR) is 66.0 cm³/mol. The molecular formula is C11H26O4Si. The lowest BCUT2D eigenvalue weighted by Crippen LogP contribution is -2.53. The summed E-state index contributed by atoms with van der Waals surface area (Å²) in [5, 5.41) is 0. The van der Waals surface area contributed by atoms with Crippen molar-refractivity contribution in [2.24, 2.45) is 0 Å². The van der Waals surface area contributed by atoms with Gasteiger partial charge in [-0.05, 0) is 48.5 Å². The molecule has 5 heteroatoms. The summed E-state index contributed by atoms with van der Waals surface area (Å²) in [6.07, 6.45) is 0.0714. The van der Waals surface area contributed by atoms with Crippen molar-refractivity contribution in [3.63, 3.8) is 0 Å². The zero-order valence-corrected chi connectivity index (χ0v) is 12.6. The van der Waals surface area contributed by atoms with Gasteiger partial charge in [0.05, 0.1) is 0 Å². The Morgan fingerprint density at radius 1 is 0.750 bits per heavy atom. The molecule has 0 saturated carbocycles. The highest BCUT2D eigenvalue weighted by atomic mass is 28.4. The fraction of sp³-hybridized carbons (Fsp3) is 1.00. The van der Waals surface area contributed by atoms with Gasteiger partial charge in [0.25, 0.3) is 0 Å². The minimum atomic E-state index is -2.98. The van der Waals surface area contributed by atoms with Gasteiger partial charge in [0, 0.05) is 24.9 Å². The highest BCUT2D eigenvalue weighted by Gasteiger charge is 2.48. The summed E-state index contributed by atoms with van der Waals surface area (Å²) in [4.78, 5) is 0. The van der Waals surface area contributed by atoms with Gasteiger partial charge in [0.2, 0.25) is 0 Å². The van der Waals surface area contributed by atoms with Gasteiger partial charge in [-0.2, -0.15) is 0 Å². The monoisotopic (exact) mass is 250 g/mol. The quantitative estimate of drug-likeness (QED) is 0.621. The van der Waals surface area contributed by atoms with Crippen LogP contribution in [0.15, 0.2) is 0 Å². The molecule has 4 nitrogen and oxygen atoms in total. The molecule has 98 valence electrons. The van der Waals surface area contributed by atoms with E-state index in [2.05, 4.69) is 0 Å². The molecule has 0 radical (unpaired) electrons. The topological polar surface area (TPSA) is 36.9 Å². The van der Waals surface area contributed by atoms with Crippen LogP contribution in [0.2, 0.25) is 0 Å². The van der Waals surface area contributed by atoms with Crippen LogP contribution in [0.1, 0.15) is 48.5 Å². The Kier molecular flexibility index (Phi) is 7.42. The van der Waals surface area contributed by atoms with Crippen LogP contribution in [-0.2, 0) is 17.7 Å². The van der Waals surface area contributed by atoms with Crippen LogP contribution in [-0.4, -0.2) is 34.0 Å². The summed E-state index contributed by atoms with van der Waals surface area (Å²) < 4.78 is 23.0. The molecule has 0 atom stereocenters. The Hall–Kier alpha value is 0.0569. The van der Waals surface area contributed by atoms with Crippen molar-refractivity contribution in [2.45, 2.75) is 66.8 Å². The van der Waals surface area contributed by atoms with E-state index >= 15 is 0 Å². The molecule has 0 aromatic carbocycles. The minimum absolute atomic E-state index is 0.0238. The number of hydrogen-bond acceptors (Lipinski definition) is 4. The highest BCUT2D eigenvalue weighted by molar-refractivity contribution is 6.53. The van der Waals surface area contributed by atoms with E-state index in [4.69, 9.17) is 17.7 Å². The SMILES string of the molecule is CCO[Si](OC(C)C)(OC(C)C)OC(C)C. The molecule has 0 bridgehead atoms. The standard InChI is InChI=1S/C11H26O4Si/c1-8-12-16(13-9(2)3,14-10(4)5)15-11(6)7/h9-11H,8H2,1-7H3. The summed E-state index contributed by atoms with van der Waals surface area (Å²) in [7, 11) is -2.98. The zero-order valence-electron chi connectivity index (χ0n) is 11.6. The number of rotatable bonds is 8. The second-order valence-electron chi connectivity index (χ2n) is 4.43. The Morgan fingerprint density at radius 2 is 1.06 bits per heavy atom. The predicted octanol–water partition coefficient (Wildman–Crippen LogP) is 2.73. The highest BCUT2D eigenvalue weighted by Crippen LogP contribution is 2.18. The first kappa shape index (κ1) is 16.1. The molecule has 0 fully saturated rings. The lowest BCUT2D eigenvalue weighted by Gasteiger charge is -2.32. The van der Waals surface area contributed by atoms with Crippen molar-refractivity contribution in [1.82, 2.24) is 0 Å². The van der Waals surface area contributed by atoms with Crippen molar-refractivity contribution >= 4 is 9.05 Å². The van der Waals surface area contributed by atoms with E-state index in [0.717, 1.165) is 0 Å². The molecule has 0 heterocycles. The molecule has 0 spiro atoms. The summed E-state index contributed by atoms with van der Waals surface area (Å²) in [6, 6.07) is 0. The Labute approximate surface area is 101 Å². The second-order valence-corrected chi connectivity index (χ2v) is 6.43. The second kappa shape index (κ2) is 7.40. The van der Waals surface area contributed by atoms with E-state index in [1.54, 1.807) is 0 Å². The zero-order chi connectivity index (χ0) is 12.8. The van der Waals surface area contributed by atoms with Crippen LogP contribution >= 0.6 is 0 Å². The van der Waals surface area contributed by atoms with Crippen molar-refractivity contribution in [2.75, 3.05) is 6.61 Å². The maximum Gasteiger partial charge on any atom is 0.680 e. The van der Waals surface area contributed by atoms with E-state index < -0.39 is 9.05 Å². The molecule has 0 aliphatic rings. The lowest BCUT2D eigenvalue weighted by atomic mass is 10.5. The summed E-state index contributed by atoms with van der Waals surface area (Å²) in [6.45, 7) is 14.2. The van der Waals surface area contributed by atoms with Gasteiger partial charge in [0.1, 0.15) is 0 Å². The maximum atomic E-state index is 5.77. The van der Waals surface area contributed by atoms with E-state index in [0.29, 0.717) is 6.61 Å². The van der Waals surface area contributed by atoms with Gasteiger partial charge in [0.15, 0.2) is 0 Å². The molecule has 0 aromatic heterocycles. The molecular weight excluding hydrogens is 224 g/mol. The van der Waals surface area contributed by atoms with E-state index in [1.807, 2.05) is 48.5 Å². The molecule has 0 amide bonds. The van der Waals surface area contributed by atoms with Crippen molar-refractivity contribution in [1.29, 1.82) is 0 Å². The van der Waals surface area contributed by atoms with Crippen LogP contribution < -0.4 is 0 Å². The van der Waals surface area contributed by atoms with Crippen LogP contribution in [0.25, 0.3) is 0 Å². The molecule has 16 heavy (non-hydrogen) atoms. The third-order valence-corrected chi connectivity index (χ3v) is 4.38. The van der Waals surface area contributed by atoms with E-state index in [9.17, 15) is 0 Å². The first-order valence-corrected chi connectivity index (χ1v) is 7.62. The lowest BCUT2D eigenvalue weighted by molar-refractivity contribution is -0.0727. The van der Waals surface area contributed by atoms with Crippen molar-refractivity contribution in [3.05, 3.63) is 0 Å². The minimum Gasteiger partial charge on any atom is -0.351 e. The molecule has 0 saturated heterocycles. The summed E-state index contributed by atoms with van der Waals surface area (Å²) in [5.41, 5.74) is 0. The van der Waals surface area contributed by atoms with Gasteiger partial charge in [-0.3, -0.25) is 0 Å². The largest absolute Gasteiger partial charge is 0.680 e. The third-order valence-electron chi connectivity index (χ3n) is 1.46. The Bertz CT molecular complexity index is 156. The van der Waals surface area contributed by atoms with Gasteiger partial charge in [-0.1, -0.05) is 0 Å². The average Bonchev–Trinajstić information content (AvgIpc) is 1.98. The van der Waals surface area contributed by atoms with Crippen molar-refractivity contribution in [3.8, 4) is 0 Å². The summed E-state index contributed by atoms with van der Waals surface area (Å²) >= 11 is 0. The normalized spacial score (nSPS) is 13.1. The van der Waals surface area contributed by atoms with Crippen molar-refractivity contribution < 1.29 is 17.7 Å². The van der Waals surface area contributed by atoms with Gasteiger partial charge < -0.3 is 17.7 Å². The number of hydrogen-bond donors (Lipinski definition) is 0. The average molecular weight is 250 g/mol. The van der Waals surface area contributed by atoms with Crippen LogP contribution in [0, 0.1) is 0 Å². The van der Waals surface area contributed by atoms with E-state index in [1.165, 1.54) is 0 Å². The Morgan fingerprint density at radius 3 is 1.25 bits per heavy atom. The molecule has 0 aliphatic carbocycles. The molecule has 0 aromatic rings. The first-order chi connectivity index (χ1) is 7.31. The molecule has 0 N–H and O–H groups in total. The van der Waals surface area contributed by atoms with Crippen LogP contribution in [0.4, 0.5) is 0 Å². The van der Waals surface area contributed by atoms with Crippen LogP contribution in [0.3, 0.4) is 0 Å². The van der Waals surface area contributed by atoms with E-state index in [-0.39, 0.29) is 18.3 Å². The fourth-order valence-electron chi connectivity index (χ4n) is 1.23. The van der Waals surface area contributed by atoms with Gasteiger partial charge in [-0.15, -0.1) is 0 Å².